The van der Waals surface area contributed by atoms with Crippen molar-refractivity contribution in [2.75, 3.05) is 6.54 Å². The van der Waals surface area contributed by atoms with Crippen LogP contribution in [0.1, 0.15) is 132 Å². The van der Waals surface area contributed by atoms with Gasteiger partial charge >= 0.3 is 11.9 Å². The zero-order valence-corrected chi connectivity index (χ0v) is 28.0. The molecule has 0 saturated heterocycles. The Morgan fingerprint density at radius 2 is 1.65 bits per heavy atom. The van der Waals surface area contributed by atoms with Crippen LogP contribution < -0.4 is 5.32 Å². The topological polar surface area (TPSA) is 107 Å². The van der Waals surface area contributed by atoms with Crippen LogP contribution in [0, 0.1) is 45.3 Å². The van der Waals surface area contributed by atoms with Gasteiger partial charge in [-0.1, -0.05) is 60.1 Å². The molecule has 5 aliphatic rings. The van der Waals surface area contributed by atoms with E-state index in [0.29, 0.717) is 30.1 Å². The molecule has 7 unspecified atom stereocenters. The highest BCUT2D eigenvalue weighted by Crippen LogP contribution is 2.76. The average molecular weight is 598 g/mol. The molecule has 9 atom stereocenters. The van der Waals surface area contributed by atoms with Crippen molar-refractivity contribution in [3.8, 4) is 0 Å². The minimum Gasteiger partial charge on any atom is -0.481 e. The predicted molar refractivity (Wildman–Crippen MR) is 171 cm³/mol. The van der Waals surface area contributed by atoms with E-state index in [1.165, 1.54) is 56.6 Å². The van der Waals surface area contributed by atoms with Crippen molar-refractivity contribution in [1.82, 2.24) is 5.32 Å². The fourth-order valence-electron chi connectivity index (χ4n) is 12.3. The lowest BCUT2D eigenvalue weighted by molar-refractivity contribution is -0.219. The van der Waals surface area contributed by atoms with E-state index < -0.39 is 17.5 Å². The number of allylic oxidation sites excluding steroid dienone is 4. The van der Waals surface area contributed by atoms with E-state index in [1.807, 2.05) is 0 Å². The first-order chi connectivity index (χ1) is 20.0. The highest BCUT2D eigenvalue weighted by Gasteiger charge is 2.69. The number of hydrogen-bond donors (Lipinski definition) is 4. The minimum absolute atomic E-state index is 0.00374. The maximum absolute atomic E-state index is 11.7. The Morgan fingerprint density at radius 1 is 0.930 bits per heavy atom. The van der Waals surface area contributed by atoms with Crippen LogP contribution in [0.4, 0.5) is 0 Å². The molecule has 4 fully saturated rings. The van der Waals surface area contributed by atoms with Gasteiger partial charge in [0.25, 0.3) is 0 Å². The number of aliphatic hydroxyl groups is 1. The number of aliphatic carboxylic acids is 2. The molecule has 0 bridgehead atoms. The van der Waals surface area contributed by atoms with Crippen LogP contribution >= 0.6 is 0 Å². The quantitative estimate of drug-likeness (QED) is 0.216. The molecular formula is C37H59NO5. The molecule has 5 aliphatic carbocycles. The monoisotopic (exact) mass is 597 g/mol. The zero-order chi connectivity index (χ0) is 31.6. The van der Waals surface area contributed by atoms with Crippen molar-refractivity contribution in [3.63, 3.8) is 0 Å². The molecule has 43 heavy (non-hydrogen) atoms. The van der Waals surface area contributed by atoms with Crippen LogP contribution in [0.15, 0.2) is 23.3 Å². The Labute approximate surface area is 260 Å². The second-order valence-corrected chi connectivity index (χ2v) is 16.8. The first kappa shape index (κ1) is 32.7. The van der Waals surface area contributed by atoms with E-state index in [1.54, 1.807) is 0 Å². The molecule has 6 nitrogen and oxygen atoms in total. The molecule has 0 aromatic heterocycles. The third-order valence-electron chi connectivity index (χ3n) is 14.6. The lowest BCUT2D eigenvalue weighted by Crippen LogP contribution is -2.68. The second kappa shape index (κ2) is 11.0. The minimum atomic E-state index is -1.75. The largest absolute Gasteiger partial charge is 0.481 e. The third kappa shape index (κ3) is 4.96. The second-order valence-electron chi connectivity index (χ2n) is 16.8. The number of nitrogens with one attached hydrogen (secondary N) is 1. The van der Waals surface area contributed by atoms with Gasteiger partial charge < -0.3 is 20.6 Å². The van der Waals surface area contributed by atoms with E-state index in [0.717, 1.165) is 32.1 Å². The Bertz CT molecular complexity index is 1190. The summed E-state index contributed by atoms with van der Waals surface area (Å²) in [5.41, 5.74) is 1.54. The maximum Gasteiger partial charge on any atom is 0.336 e. The Morgan fingerprint density at radius 3 is 2.30 bits per heavy atom. The SMILES string of the molecule is CC/C=C(\CCC(=O)O)C1=CCC2(C)C(CCC3(C)C2CCC2[C@H]4CCCC4(NCC(C)(O)C(=O)O)CC[C@]23C)C1(C)C. The molecule has 0 amide bonds. The van der Waals surface area contributed by atoms with Gasteiger partial charge in [0.05, 0.1) is 0 Å². The van der Waals surface area contributed by atoms with E-state index in [2.05, 4.69) is 59.0 Å². The van der Waals surface area contributed by atoms with Crippen molar-refractivity contribution in [1.29, 1.82) is 0 Å². The Balaban J connectivity index is 1.43. The molecule has 0 aromatic rings. The summed E-state index contributed by atoms with van der Waals surface area (Å²) in [6.45, 7) is 16.4. The van der Waals surface area contributed by atoms with Crippen LogP contribution in [0.3, 0.4) is 0 Å². The van der Waals surface area contributed by atoms with Gasteiger partial charge in [0.2, 0.25) is 0 Å². The fourth-order valence-corrected chi connectivity index (χ4v) is 12.3. The van der Waals surface area contributed by atoms with Crippen molar-refractivity contribution in [2.45, 2.75) is 143 Å². The lowest BCUT2D eigenvalue weighted by atomic mass is 9.33. The molecule has 0 radical (unpaired) electrons. The molecule has 0 heterocycles. The lowest BCUT2D eigenvalue weighted by Gasteiger charge is -2.72. The smallest absolute Gasteiger partial charge is 0.336 e. The molecule has 0 spiro atoms. The molecule has 5 rings (SSSR count). The summed E-state index contributed by atoms with van der Waals surface area (Å²) in [5.74, 6) is 0.480. The third-order valence-corrected chi connectivity index (χ3v) is 14.6. The van der Waals surface area contributed by atoms with Crippen molar-refractivity contribution in [3.05, 3.63) is 23.3 Å². The van der Waals surface area contributed by atoms with Crippen molar-refractivity contribution < 1.29 is 24.9 Å². The van der Waals surface area contributed by atoms with E-state index in [9.17, 15) is 24.9 Å². The van der Waals surface area contributed by atoms with E-state index in [-0.39, 0.29) is 40.2 Å². The van der Waals surface area contributed by atoms with E-state index >= 15 is 0 Å². The number of carbonyl (C=O) groups is 2. The van der Waals surface area contributed by atoms with E-state index in [4.69, 9.17) is 0 Å². The van der Waals surface area contributed by atoms with Crippen LogP contribution in [-0.2, 0) is 9.59 Å². The zero-order valence-electron chi connectivity index (χ0n) is 28.0. The first-order valence-corrected chi connectivity index (χ1v) is 17.3. The number of hydrogen-bond acceptors (Lipinski definition) is 4. The number of β-amino-alcohol motifs (C(OH)–C–C–N with tert-alkyl or cyclic N) is 1. The summed E-state index contributed by atoms with van der Waals surface area (Å²) in [7, 11) is 0. The van der Waals surface area contributed by atoms with Gasteiger partial charge in [0, 0.05) is 18.5 Å². The maximum atomic E-state index is 11.7. The van der Waals surface area contributed by atoms with Crippen LogP contribution in [0.25, 0.3) is 0 Å². The van der Waals surface area contributed by atoms with Gasteiger partial charge in [-0.05, 0) is 134 Å². The summed E-state index contributed by atoms with van der Waals surface area (Å²) < 4.78 is 0. The molecular weight excluding hydrogens is 538 g/mol. The van der Waals surface area contributed by atoms with Gasteiger partial charge in [-0.3, -0.25) is 4.79 Å². The number of carboxylic acid groups (broad SMARTS) is 2. The highest BCUT2D eigenvalue weighted by atomic mass is 16.4. The van der Waals surface area contributed by atoms with Gasteiger partial charge in [0.1, 0.15) is 0 Å². The summed E-state index contributed by atoms with van der Waals surface area (Å²) in [4.78, 5) is 23.2. The summed E-state index contributed by atoms with van der Waals surface area (Å²) in [6, 6.07) is 0. The van der Waals surface area contributed by atoms with Gasteiger partial charge in [0.15, 0.2) is 5.60 Å². The molecule has 4 N–H and O–H groups in total. The number of carboxylic acids is 2. The Hall–Kier alpha value is -1.66. The van der Waals surface area contributed by atoms with Gasteiger partial charge in [-0.2, -0.15) is 0 Å². The number of rotatable bonds is 9. The van der Waals surface area contributed by atoms with Crippen molar-refractivity contribution in [2.24, 2.45) is 45.3 Å². The normalized spacial score (nSPS) is 43.3. The highest BCUT2D eigenvalue weighted by molar-refractivity contribution is 5.76. The summed E-state index contributed by atoms with van der Waals surface area (Å²) in [6.07, 6.45) is 18.2. The van der Waals surface area contributed by atoms with Gasteiger partial charge in [-0.15, -0.1) is 0 Å². The summed E-state index contributed by atoms with van der Waals surface area (Å²) in [5, 5.41) is 33.2. The van der Waals surface area contributed by atoms with Crippen LogP contribution in [0.5, 0.6) is 0 Å². The van der Waals surface area contributed by atoms with Crippen LogP contribution in [0.2, 0.25) is 0 Å². The number of fused-ring (bicyclic) bond motifs is 7. The molecule has 6 heteroatoms. The predicted octanol–water partition coefficient (Wildman–Crippen LogP) is 7.76. The van der Waals surface area contributed by atoms with Crippen molar-refractivity contribution >= 4 is 11.9 Å². The average Bonchev–Trinajstić information content (AvgIpc) is 3.35. The fraction of sp³-hybridized carbons (Fsp3) is 0.838. The molecule has 0 aliphatic heterocycles. The molecule has 242 valence electrons. The molecule has 0 aromatic carbocycles. The standard InChI is InChI=1S/C37H59NO5/c1-8-10-24(12-15-30(39)40)25-16-19-33(4)28(32(25,2)3)17-20-35(6)29(33)14-13-26-27-11-9-18-37(27,22-21-34(26,35)5)38-23-36(7,43)31(41)42/h10,16,26-29,38,43H,8-9,11-15,17-23H2,1-7H3,(H,39,40)(H,41,42)/b24-10+/t26?,27-,28?,29?,33?,34-,35?,36?,37?/m1/s1. The first-order valence-electron chi connectivity index (χ1n) is 17.3. The van der Waals surface area contributed by atoms with Crippen LogP contribution in [-0.4, -0.2) is 44.9 Å². The Kier molecular flexibility index (Phi) is 8.37. The molecule has 4 saturated carbocycles. The van der Waals surface area contributed by atoms with Gasteiger partial charge in [-0.25, -0.2) is 4.79 Å². The summed E-state index contributed by atoms with van der Waals surface area (Å²) >= 11 is 0.